The van der Waals surface area contributed by atoms with Gasteiger partial charge in [-0.3, -0.25) is 19.4 Å². The van der Waals surface area contributed by atoms with Gasteiger partial charge < -0.3 is 10.2 Å². The van der Waals surface area contributed by atoms with Crippen LogP contribution >= 0.6 is 11.6 Å². The first-order valence-electron chi connectivity index (χ1n) is 14.0. The van der Waals surface area contributed by atoms with E-state index in [0.717, 1.165) is 27.5 Å². The lowest BCUT2D eigenvalue weighted by molar-refractivity contribution is 0.102. The summed E-state index contributed by atoms with van der Waals surface area (Å²) >= 11 is 6.05. The molecular formula is C35H24ClN5O4. The Morgan fingerprint density at radius 3 is 2.33 bits per heavy atom. The van der Waals surface area contributed by atoms with Gasteiger partial charge in [0.15, 0.2) is 5.69 Å². The molecular weight excluding hydrogens is 590 g/mol. The Balaban J connectivity index is 1.16. The number of rotatable bonds is 7. The number of hydrogen-bond acceptors (Lipinski definition) is 6. The molecule has 5 aromatic carbocycles. The Morgan fingerprint density at radius 1 is 0.756 bits per heavy atom. The van der Waals surface area contributed by atoms with Gasteiger partial charge in [-0.05, 0) is 76.9 Å². The van der Waals surface area contributed by atoms with Crippen LogP contribution in [0.4, 0.5) is 0 Å². The van der Waals surface area contributed by atoms with E-state index in [1.807, 2.05) is 43.3 Å². The number of phenols is 2. The Bertz CT molecular complexity index is 2250. The van der Waals surface area contributed by atoms with Gasteiger partial charge in [-0.2, -0.15) is 0 Å². The van der Waals surface area contributed by atoms with Crippen LogP contribution in [0.2, 0.25) is 5.02 Å². The van der Waals surface area contributed by atoms with Gasteiger partial charge in [0.1, 0.15) is 28.6 Å². The lowest BCUT2D eigenvalue weighted by atomic mass is 9.95. The standard InChI is InChI=1S/C35H24ClN5O4/c1-20-13-30(41-18-28(37-39-41)34(44)22-5-3-2-4-6-22)33(43)17-27(20)23-9-7-21-8-10-24(15-25(21)14-23)35(45)29-19-40(38-29)31-16-26(36)11-12-32(31)42/h2-19,38,42-43H,1H3. The summed E-state index contributed by atoms with van der Waals surface area (Å²) in [6.45, 7) is 1.92. The average Bonchev–Trinajstić information content (AvgIpc) is 3.52. The number of hydrogen-bond donors (Lipinski definition) is 3. The fraction of sp³-hybridized carbons (Fsp3) is 0.0286. The number of carbonyl (C=O) groups is 2. The number of halogens is 1. The second-order valence-corrected chi connectivity index (χ2v) is 11.1. The maximum absolute atomic E-state index is 13.2. The molecule has 0 spiro atoms. The van der Waals surface area contributed by atoms with Crippen LogP contribution in [0.15, 0.2) is 109 Å². The molecule has 0 fully saturated rings. The number of aromatic nitrogens is 5. The van der Waals surface area contributed by atoms with Crippen LogP contribution in [-0.2, 0) is 0 Å². The minimum absolute atomic E-state index is 0.0264. The quantitative estimate of drug-likeness (QED) is 0.166. The average molecular weight is 614 g/mol. The lowest BCUT2D eigenvalue weighted by Gasteiger charge is -2.16. The van der Waals surface area contributed by atoms with Gasteiger partial charge in [0.25, 0.3) is 0 Å². The van der Waals surface area contributed by atoms with E-state index < -0.39 is 0 Å². The van der Waals surface area contributed by atoms with Crippen molar-refractivity contribution in [3.63, 3.8) is 0 Å². The minimum Gasteiger partial charge on any atom is -0.506 e. The number of nitrogens with one attached hydrogen (secondary N) is 1. The largest absolute Gasteiger partial charge is 0.506 e. The molecule has 2 heterocycles. The van der Waals surface area contributed by atoms with Crippen molar-refractivity contribution in [1.82, 2.24) is 24.8 Å². The molecule has 0 saturated carbocycles. The molecule has 220 valence electrons. The van der Waals surface area contributed by atoms with Crippen LogP contribution in [0.25, 0.3) is 33.3 Å². The van der Waals surface area contributed by atoms with Crippen molar-refractivity contribution in [2.75, 3.05) is 0 Å². The van der Waals surface area contributed by atoms with E-state index in [0.29, 0.717) is 33.2 Å². The van der Waals surface area contributed by atoms with Gasteiger partial charge in [0.05, 0.1) is 12.4 Å². The zero-order chi connectivity index (χ0) is 31.2. The van der Waals surface area contributed by atoms with Crippen LogP contribution in [0.5, 0.6) is 11.5 Å². The van der Waals surface area contributed by atoms with Crippen molar-refractivity contribution in [3.8, 4) is 34.0 Å². The molecule has 0 unspecified atom stereocenters. The fourth-order valence-corrected chi connectivity index (χ4v) is 5.46. The number of nitrogens with zero attached hydrogens (tertiary/aromatic N) is 4. The SMILES string of the molecule is Cc1cc(-n2cc(C(=O)c3ccccc3)nn2)c(O)cc1-c1ccc2ccc(C(=O)c3cn(-c4cc(Cl)ccc4O)[nH]3)cc2c1. The smallest absolute Gasteiger partial charge is 0.214 e. The summed E-state index contributed by atoms with van der Waals surface area (Å²) in [6.07, 6.45) is 3.11. The van der Waals surface area contributed by atoms with E-state index in [4.69, 9.17) is 11.6 Å². The number of phenolic OH excluding ortho intramolecular Hbond substituents is 2. The first-order valence-corrected chi connectivity index (χ1v) is 14.3. The zero-order valence-corrected chi connectivity index (χ0v) is 24.5. The van der Waals surface area contributed by atoms with Crippen molar-refractivity contribution in [3.05, 3.63) is 143 Å². The molecule has 0 bridgehead atoms. The van der Waals surface area contributed by atoms with Gasteiger partial charge in [-0.25, -0.2) is 4.68 Å². The first kappa shape index (κ1) is 27.9. The molecule has 2 aromatic heterocycles. The number of carbonyl (C=O) groups excluding carboxylic acids is 2. The maximum atomic E-state index is 13.2. The number of ketones is 2. The third-order valence-electron chi connectivity index (χ3n) is 7.68. The third kappa shape index (κ3) is 5.15. The van der Waals surface area contributed by atoms with Gasteiger partial charge in [0, 0.05) is 16.1 Å². The van der Waals surface area contributed by atoms with Crippen molar-refractivity contribution in [2.24, 2.45) is 0 Å². The Labute approximate surface area is 261 Å². The molecule has 45 heavy (non-hydrogen) atoms. The summed E-state index contributed by atoms with van der Waals surface area (Å²) < 4.78 is 2.92. The van der Waals surface area contributed by atoms with Crippen molar-refractivity contribution in [1.29, 1.82) is 0 Å². The summed E-state index contributed by atoms with van der Waals surface area (Å²) in [5, 5.41) is 34.5. The second kappa shape index (κ2) is 11.0. The monoisotopic (exact) mass is 613 g/mol. The topological polar surface area (TPSA) is 126 Å². The molecule has 7 aromatic rings. The molecule has 0 saturated heterocycles. The molecule has 3 N–H and O–H groups in total. The Kier molecular flexibility index (Phi) is 6.79. The van der Waals surface area contributed by atoms with Crippen LogP contribution in [0.3, 0.4) is 0 Å². The molecule has 0 radical (unpaired) electrons. The third-order valence-corrected chi connectivity index (χ3v) is 7.92. The summed E-state index contributed by atoms with van der Waals surface area (Å²) in [5.41, 5.74) is 4.91. The van der Waals surface area contributed by atoms with E-state index in [9.17, 15) is 19.8 Å². The van der Waals surface area contributed by atoms with E-state index in [2.05, 4.69) is 15.4 Å². The molecule has 7 rings (SSSR count). The maximum Gasteiger partial charge on any atom is 0.214 e. The van der Waals surface area contributed by atoms with Crippen molar-refractivity contribution in [2.45, 2.75) is 6.92 Å². The van der Waals surface area contributed by atoms with E-state index in [1.165, 1.54) is 21.6 Å². The minimum atomic E-state index is -0.259. The number of fused-ring (bicyclic) bond motifs is 1. The van der Waals surface area contributed by atoms with Crippen LogP contribution in [0.1, 0.15) is 37.7 Å². The van der Waals surface area contributed by atoms with Crippen LogP contribution in [-0.4, -0.2) is 46.6 Å². The van der Waals surface area contributed by atoms with Gasteiger partial charge in [0.2, 0.25) is 11.6 Å². The Morgan fingerprint density at radius 2 is 1.53 bits per heavy atom. The highest BCUT2D eigenvalue weighted by atomic mass is 35.5. The molecule has 0 aliphatic heterocycles. The van der Waals surface area contributed by atoms with E-state index in [1.54, 1.807) is 60.8 Å². The van der Waals surface area contributed by atoms with E-state index in [-0.39, 0.29) is 28.8 Å². The molecule has 10 heteroatoms. The van der Waals surface area contributed by atoms with Crippen molar-refractivity contribution < 1.29 is 19.8 Å². The molecule has 0 atom stereocenters. The summed E-state index contributed by atoms with van der Waals surface area (Å²) in [5.74, 6) is -0.449. The number of H-pyrrole nitrogens is 1. The Hall–Kier alpha value is -5.93. The van der Waals surface area contributed by atoms with Crippen LogP contribution < -0.4 is 0 Å². The number of aromatic hydroxyl groups is 2. The number of aromatic amines is 1. The summed E-state index contributed by atoms with van der Waals surface area (Å²) in [7, 11) is 0. The molecule has 0 aliphatic rings. The number of aryl methyl sites for hydroxylation is 1. The zero-order valence-electron chi connectivity index (χ0n) is 23.8. The first-order chi connectivity index (χ1) is 21.7. The second-order valence-electron chi connectivity index (χ2n) is 10.7. The van der Waals surface area contributed by atoms with Crippen LogP contribution in [0, 0.1) is 6.92 Å². The highest BCUT2D eigenvalue weighted by molar-refractivity contribution is 6.30. The van der Waals surface area contributed by atoms with Gasteiger partial charge >= 0.3 is 0 Å². The normalized spacial score (nSPS) is 11.2. The predicted molar refractivity (Wildman–Crippen MR) is 171 cm³/mol. The highest BCUT2D eigenvalue weighted by Gasteiger charge is 2.19. The number of benzene rings is 5. The van der Waals surface area contributed by atoms with E-state index >= 15 is 0 Å². The molecule has 9 nitrogen and oxygen atoms in total. The highest BCUT2D eigenvalue weighted by Crippen LogP contribution is 2.34. The lowest BCUT2D eigenvalue weighted by Crippen LogP contribution is -2.16. The fourth-order valence-electron chi connectivity index (χ4n) is 5.29. The van der Waals surface area contributed by atoms with Gasteiger partial charge in [-0.1, -0.05) is 71.4 Å². The molecule has 0 aliphatic carbocycles. The molecule has 0 amide bonds. The summed E-state index contributed by atoms with van der Waals surface area (Å²) in [4.78, 5) is 26.0. The van der Waals surface area contributed by atoms with Crippen molar-refractivity contribution >= 4 is 33.9 Å². The predicted octanol–water partition coefficient (Wildman–Crippen LogP) is 7.04. The van der Waals surface area contributed by atoms with Gasteiger partial charge in [-0.15, -0.1) is 5.10 Å². The summed E-state index contributed by atoms with van der Waals surface area (Å²) in [6, 6.07) is 28.3.